The Kier molecular flexibility index (Phi) is 4.38. The summed E-state index contributed by atoms with van der Waals surface area (Å²) in [6.45, 7) is 0. The van der Waals surface area contributed by atoms with Crippen LogP contribution in [0.2, 0.25) is 0 Å². The second-order valence-corrected chi connectivity index (χ2v) is 6.36. The first-order chi connectivity index (χ1) is 9.68. The van der Waals surface area contributed by atoms with Gasteiger partial charge in [0.05, 0.1) is 22.6 Å². The van der Waals surface area contributed by atoms with Gasteiger partial charge in [0.1, 0.15) is 5.75 Å². The lowest BCUT2D eigenvalue weighted by Crippen LogP contribution is -2.04. The Hall–Kier alpha value is -2.32. The van der Waals surface area contributed by atoms with Crippen LogP contribution in [0, 0.1) is 11.5 Å². The molecule has 0 aromatic heterocycles. The summed E-state index contributed by atoms with van der Waals surface area (Å²) in [6, 6.07) is 16.2. The molecule has 0 N–H and O–H groups in total. The van der Waals surface area contributed by atoms with Crippen molar-refractivity contribution in [3.63, 3.8) is 0 Å². The summed E-state index contributed by atoms with van der Waals surface area (Å²) in [5.74, 6) is 0.889. The highest BCUT2D eigenvalue weighted by atomic mass is 32.2. The summed E-state index contributed by atoms with van der Waals surface area (Å²) in [6.07, 6.45) is 1.67. The topological polar surface area (TPSA) is 62.4 Å². The highest BCUT2D eigenvalue weighted by molar-refractivity contribution is 7.93. The molecule has 0 saturated carbocycles. The van der Waals surface area contributed by atoms with Gasteiger partial charge in [0.15, 0.2) is 0 Å². The van der Waals surface area contributed by atoms with E-state index in [1.54, 1.807) is 37.6 Å². The van der Waals surface area contributed by atoms with Gasteiger partial charge in [-0.3, -0.25) is 0 Å². The first-order valence-electron chi connectivity index (χ1n) is 5.99. The lowest BCUT2D eigenvalue weighted by molar-refractivity contribution is 0.414. The maximum absolute atomic E-state index is 12.9. The van der Waals surface area contributed by atoms with Crippen molar-refractivity contribution < 1.29 is 8.95 Å². The minimum Gasteiger partial charge on any atom is -0.497 e. The van der Waals surface area contributed by atoms with Gasteiger partial charge in [0.25, 0.3) is 0 Å². The van der Waals surface area contributed by atoms with Crippen molar-refractivity contribution >= 4 is 9.73 Å². The fourth-order valence-electron chi connectivity index (χ4n) is 1.82. The Morgan fingerprint density at radius 1 is 1.15 bits per heavy atom. The zero-order chi connectivity index (χ0) is 14.4. The van der Waals surface area contributed by atoms with Crippen molar-refractivity contribution in [2.75, 3.05) is 7.11 Å². The Balaban J connectivity index is 2.42. The van der Waals surface area contributed by atoms with Gasteiger partial charge in [0, 0.05) is 4.90 Å². The summed E-state index contributed by atoms with van der Waals surface area (Å²) >= 11 is 0. The second kappa shape index (κ2) is 6.22. The molecule has 0 heterocycles. The molecule has 0 fully saturated rings. The molecule has 0 spiro atoms. The van der Waals surface area contributed by atoms with Crippen LogP contribution in [-0.4, -0.2) is 11.3 Å². The van der Waals surface area contributed by atoms with E-state index in [9.17, 15) is 4.21 Å². The molecule has 2 aromatic rings. The van der Waals surface area contributed by atoms with Gasteiger partial charge in [-0.05, 0) is 29.8 Å². The standard InChI is InChI=1S/C15H14N2O2S/c1-19-14-7-9-15(10-8-14)20(18,17-12-16)11-13-5-3-2-4-6-13/h2-10H,11H2,1H3/t20-/m0/s1. The smallest absolute Gasteiger partial charge is 0.214 e. The van der Waals surface area contributed by atoms with E-state index in [1.807, 2.05) is 30.3 Å². The molecular formula is C15H14N2O2S. The third kappa shape index (κ3) is 3.16. The largest absolute Gasteiger partial charge is 0.497 e. The number of benzene rings is 2. The molecule has 1 atom stereocenters. The molecule has 20 heavy (non-hydrogen) atoms. The number of nitrogens with zero attached hydrogens (tertiary/aromatic N) is 2. The average Bonchev–Trinajstić information content (AvgIpc) is 2.48. The lowest BCUT2D eigenvalue weighted by Gasteiger charge is -2.09. The number of hydrogen-bond acceptors (Lipinski definition) is 4. The third-order valence-electron chi connectivity index (χ3n) is 2.82. The van der Waals surface area contributed by atoms with Crippen LogP contribution in [0.5, 0.6) is 5.75 Å². The fourth-order valence-corrected chi connectivity index (χ4v) is 3.50. The molecule has 2 aromatic carbocycles. The van der Waals surface area contributed by atoms with Crippen molar-refractivity contribution in [1.82, 2.24) is 0 Å². The van der Waals surface area contributed by atoms with E-state index in [1.165, 1.54) is 0 Å². The molecule has 102 valence electrons. The minimum absolute atomic E-state index is 0.216. The summed E-state index contributed by atoms with van der Waals surface area (Å²) in [5, 5.41) is 8.82. The SMILES string of the molecule is COc1ccc([S@@](=O)(Cc2ccccc2)=NC#N)cc1. The zero-order valence-corrected chi connectivity index (χ0v) is 11.8. The van der Waals surface area contributed by atoms with Crippen molar-refractivity contribution in [2.24, 2.45) is 4.36 Å². The van der Waals surface area contributed by atoms with E-state index in [4.69, 9.17) is 10.00 Å². The Labute approximate surface area is 118 Å². The van der Waals surface area contributed by atoms with Gasteiger partial charge < -0.3 is 4.74 Å². The van der Waals surface area contributed by atoms with E-state index in [0.29, 0.717) is 10.6 Å². The predicted octanol–water partition coefficient (Wildman–Crippen LogP) is 3.20. The molecule has 0 radical (unpaired) electrons. The summed E-state index contributed by atoms with van der Waals surface area (Å²) in [5.41, 5.74) is 0.882. The first kappa shape index (κ1) is 14.1. The van der Waals surface area contributed by atoms with Crippen molar-refractivity contribution in [3.05, 3.63) is 60.2 Å². The highest BCUT2D eigenvalue weighted by Crippen LogP contribution is 2.21. The first-order valence-corrected chi connectivity index (χ1v) is 7.67. The minimum atomic E-state index is -2.79. The lowest BCUT2D eigenvalue weighted by atomic mass is 10.2. The van der Waals surface area contributed by atoms with E-state index in [0.717, 1.165) is 5.56 Å². The van der Waals surface area contributed by atoms with Crippen LogP contribution >= 0.6 is 0 Å². The number of methoxy groups -OCH3 is 1. The van der Waals surface area contributed by atoms with E-state index in [-0.39, 0.29) is 5.75 Å². The van der Waals surface area contributed by atoms with Crippen LogP contribution in [0.3, 0.4) is 0 Å². The molecule has 0 aliphatic carbocycles. The quantitative estimate of drug-likeness (QED) is 0.811. The number of rotatable bonds is 4. The van der Waals surface area contributed by atoms with Crippen LogP contribution in [0.4, 0.5) is 0 Å². The van der Waals surface area contributed by atoms with Gasteiger partial charge in [-0.25, -0.2) is 4.21 Å². The molecular weight excluding hydrogens is 272 g/mol. The molecule has 0 bridgehead atoms. The van der Waals surface area contributed by atoms with Gasteiger partial charge in [-0.1, -0.05) is 30.3 Å². The van der Waals surface area contributed by atoms with Crippen molar-refractivity contribution in [1.29, 1.82) is 5.26 Å². The van der Waals surface area contributed by atoms with Crippen LogP contribution < -0.4 is 4.74 Å². The van der Waals surface area contributed by atoms with Gasteiger partial charge in [-0.2, -0.15) is 5.26 Å². The predicted molar refractivity (Wildman–Crippen MR) is 77.6 cm³/mol. The number of ether oxygens (including phenoxy) is 1. The highest BCUT2D eigenvalue weighted by Gasteiger charge is 2.14. The summed E-state index contributed by atoms with van der Waals surface area (Å²) in [7, 11) is -1.22. The number of hydrogen-bond donors (Lipinski definition) is 0. The molecule has 2 rings (SSSR count). The fraction of sp³-hybridized carbons (Fsp3) is 0.133. The van der Waals surface area contributed by atoms with Crippen LogP contribution in [0.15, 0.2) is 63.9 Å². The van der Waals surface area contributed by atoms with E-state index < -0.39 is 9.73 Å². The van der Waals surface area contributed by atoms with Crippen LogP contribution in [0.25, 0.3) is 0 Å². The van der Waals surface area contributed by atoms with E-state index in [2.05, 4.69) is 4.36 Å². The zero-order valence-electron chi connectivity index (χ0n) is 11.0. The molecule has 4 nitrogen and oxygen atoms in total. The third-order valence-corrected chi connectivity index (χ3v) is 4.93. The summed E-state index contributed by atoms with van der Waals surface area (Å²) < 4.78 is 21.7. The van der Waals surface area contributed by atoms with Crippen LogP contribution in [-0.2, 0) is 15.5 Å². The van der Waals surface area contributed by atoms with Crippen molar-refractivity contribution in [3.8, 4) is 11.9 Å². The Bertz CT molecular complexity index is 725. The maximum Gasteiger partial charge on any atom is 0.214 e. The van der Waals surface area contributed by atoms with Gasteiger partial charge >= 0.3 is 0 Å². The monoisotopic (exact) mass is 286 g/mol. The second-order valence-electron chi connectivity index (χ2n) is 4.14. The average molecular weight is 286 g/mol. The van der Waals surface area contributed by atoms with Crippen LogP contribution in [0.1, 0.15) is 5.56 Å². The Morgan fingerprint density at radius 3 is 2.35 bits per heavy atom. The Morgan fingerprint density at radius 2 is 1.80 bits per heavy atom. The van der Waals surface area contributed by atoms with E-state index >= 15 is 0 Å². The van der Waals surface area contributed by atoms with Gasteiger partial charge in [0.2, 0.25) is 6.19 Å². The molecule has 0 amide bonds. The maximum atomic E-state index is 12.9. The molecule has 0 aliphatic rings. The normalized spacial score (nSPS) is 13.0. The molecule has 0 saturated heterocycles. The molecule has 5 heteroatoms. The summed E-state index contributed by atoms with van der Waals surface area (Å²) in [4.78, 5) is 0.531. The molecule has 0 unspecified atom stereocenters. The molecule has 0 aliphatic heterocycles. The van der Waals surface area contributed by atoms with Gasteiger partial charge in [-0.15, -0.1) is 4.36 Å². The van der Waals surface area contributed by atoms with Crippen molar-refractivity contribution in [2.45, 2.75) is 10.6 Å². The number of nitriles is 1.